The number of carboxylic acid groups (broad SMARTS) is 1. The van der Waals surface area contributed by atoms with E-state index >= 15 is 0 Å². The first-order chi connectivity index (χ1) is 8.98. The Kier molecular flexibility index (Phi) is 6.28. The second-order valence-electron chi connectivity index (χ2n) is 5.46. The SMILES string of the molecule is CCCC(C)(NC(=O)CCC1CCCCO1)C(=O)O. The van der Waals surface area contributed by atoms with Crippen LogP contribution in [0.2, 0.25) is 0 Å². The van der Waals surface area contributed by atoms with Crippen LogP contribution in [-0.2, 0) is 14.3 Å². The van der Waals surface area contributed by atoms with Gasteiger partial charge in [-0.3, -0.25) is 4.79 Å². The Morgan fingerprint density at radius 1 is 1.42 bits per heavy atom. The molecule has 0 aromatic rings. The monoisotopic (exact) mass is 271 g/mol. The Bertz CT molecular complexity index is 313. The van der Waals surface area contributed by atoms with E-state index in [1.54, 1.807) is 6.92 Å². The number of hydrogen-bond acceptors (Lipinski definition) is 3. The number of hydrogen-bond donors (Lipinski definition) is 2. The van der Waals surface area contributed by atoms with E-state index in [4.69, 9.17) is 4.74 Å². The van der Waals surface area contributed by atoms with E-state index in [2.05, 4.69) is 5.32 Å². The summed E-state index contributed by atoms with van der Waals surface area (Å²) in [4.78, 5) is 23.1. The molecule has 0 radical (unpaired) electrons. The van der Waals surface area contributed by atoms with Crippen molar-refractivity contribution in [1.82, 2.24) is 5.32 Å². The first-order valence-corrected chi connectivity index (χ1v) is 7.14. The number of carboxylic acids is 1. The highest BCUT2D eigenvalue weighted by atomic mass is 16.5. The molecule has 0 aliphatic carbocycles. The van der Waals surface area contributed by atoms with Gasteiger partial charge in [0, 0.05) is 13.0 Å². The van der Waals surface area contributed by atoms with Crippen molar-refractivity contribution < 1.29 is 19.4 Å². The fraction of sp³-hybridized carbons (Fsp3) is 0.857. The summed E-state index contributed by atoms with van der Waals surface area (Å²) in [7, 11) is 0. The van der Waals surface area contributed by atoms with Crippen LogP contribution < -0.4 is 5.32 Å². The molecule has 0 saturated carbocycles. The van der Waals surface area contributed by atoms with Crippen LogP contribution in [0.15, 0.2) is 0 Å². The molecular formula is C14H25NO4. The van der Waals surface area contributed by atoms with Gasteiger partial charge in [0.2, 0.25) is 5.91 Å². The largest absolute Gasteiger partial charge is 0.480 e. The molecule has 1 amide bonds. The van der Waals surface area contributed by atoms with E-state index in [0.29, 0.717) is 19.3 Å². The fourth-order valence-electron chi connectivity index (χ4n) is 2.42. The number of rotatable bonds is 7. The molecule has 110 valence electrons. The molecule has 2 atom stereocenters. The third kappa shape index (κ3) is 5.19. The summed E-state index contributed by atoms with van der Waals surface area (Å²) in [6, 6.07) is 0. The molecule has 1 fully saturated rings. The van der Waals surface area contributed by atoms with Crippen molar-refractivity contribution in [3.63, 3.8) is 0 Å². The number of aliphatic carboxylic acids is 1. The average Bonchev–Trinajstić information content (AvgIpc) is 2.37. The van der Waals surface area contributed by atoms with Crippen LogP contribution in [0, 0.1) is 0 Å². The smallest absolute Gasteiger partial charge is 0.329 e. The van der Waals surface area contributed by atoms with Gasteiger partial charge in [0.25, 0.3) is 0 Å². The molecule has 1 saturated heterocycles. The van der Waals surface area contributed by atoms with Crippen LogP contribution in [0.5, 0.6) is 0 Å². The quantitative estimate of drug-likeness (QED) is 0.743. The van der Waals surface area contributed by atoms with Crippen molar-refractivity contribution >= 4 is 11.9 Å². The number of nitrogens with one attached hydrogen (secondary N) is 1. The van der Waals surface area contributed by atoms with E-state index in [9.17, 15) is 14.7 Å². The Labute approximate surface area is 114 Å². The summed E-state index contributed by atoms with van der Waals surface area (Å²) in [5.74, 6) is -1.18. The molecule has 1 rings (SSSR count). The third-order valence-electron chi connectivity index (χ3n) is 3.60. The second-order valence-corrected chi connectivity index (χ2v) is 5.46. The lowest BCUT2D eigenvalue weighted by molar-refractivity contribution is -0.147. The highest BCUT2D eigenvalue weighted by Crippen LogP contribution is 2.18. The summed E-state index contributed by atoms with van der Waals surface area (Å²) >= 11 is 0. The van der Waals surface area contributed by atoms with E-state index in [1.165, 1.54) is 0 Å². The Hall–Kier alpha value is -1.10. The van der Waals surface area contributed by atoms with E-state index in [1.807, 2.05) is 6.92 Å². The minimum Gasteiger partial charge on any atom is -0.480 e. The Balaban J connectivity index is 2.37. The van der Waals surface area contributed by atoms with E-state index in [0.717, 1.165) is 32.3 Å². The van der Waals surface area contributed by atoms with Gasteiger partial charge >= 0.3 is 5.97 Å². The van der Waals surface area contributed by atoms with Gasteiger partial charge in [-0.25, -0.2) is 4.79 Å². The fourth-order valence-corrected chi connectivity index (χ4v) is 2.42. The summed E-state index contributed by atoms with van der Waals surface area (Å²) in [6.07, 6.45) is 5.55. The first kappa shape index (κ1) is 16.0. The molecule has 19 heavy (non-hydrogen) atoms. The van der Waals surface area contributed by atoms with Gasteiger partial charge in [0.1, 0.15) is 5.54 Å². The van der Waals surface area contributed by atoms with Crippen molar-refractivity contribution in [3.8, 4) is 0 Å². The lowest BCUT2D eigenvalue weighted by Crippen LogP contribution is -2.52. The lowest BCUT2D eigenvalue weighted by atomic mass is 9.95. The number of carbonyl (C=O) groups excluding carboxylic acids is 1. The van der Waals surface area contributed by atoms with Crippen LogP contribution in [-0.4, -0.2) is 35.2 Å². The topological polar surface area (TPSA) is 75.6 Å². The number of carbonyl (C=O) groups is 2. The van der Waals surface area contributed by atoms with Gasteiger partial charge in [-0.05, 0) is 39.0 Å². The van der Waals surface area contributed by atoms with Crippen LogP contribution in [0.25, 0.3) is 0 Å². The highest BCUT2D eigenvalue weighted by Gasteiger charge is 2.33. The van der Waals surface area contributed by atoms with Gasteiger partial charge in [-0.2, -0.15) is 0 Å². The summed E-state index contributed by atoms with van der Waals surface area (Å²) in [5, 5.41) is 11.8. The van der Waals surface area contributed by atoms with Crippen LogP contribution in [0.1, 0.15) is 58.8 Å². The van der Waals surface area contributed by atoms with Crippen molar-refractivity contribution in [3.05, 3.63) is 0 Å². The highest BCUT2D eigenvalue weighted by molar-refractivity contribution is 5.86. The summed E-state index contributed by atoms with van der Waals surface area (Å²) in [6.45, 7) is 4.24. The molecule has 0 aromatic carbocycles. The maximum Gasteiger partial charge on any atom is 0.329 e. The standard InChI is InChI=1S/C14H25NO4/c1-3-9-14(2,13(17)18)15-12(16)8-7-11-6-4-5-10-19-11/h11H,3-10H2,1-2H3,(H,15,16)(H,17,18). The number of ether oxygens (including phenoxy) is 1. The molecular weight excluding hydrogens is 246 g/mol. The zero-order valence-electron chi connectivity index (χ0n) is 11.9. The minimum atomic E-state index is -1.15. The predicted octanol–water partition coefficient (Wildman–Crippen LogP) is 2.10. The molecule has 0 aromatic heterocycles. The average molecular weight is 271 g/mol. The Morgan fingerprint density at radius 2 is 2.16 bits per heavy atom. The van der Waals surface area contributed by atoms with Crippen molar-refractivity contribution in [2.75, 3.05) is 6.61 Å². The molecule has 1 aliphatic heterocycles. The van der Waals surface area contributed by atoms with Gasteiger partial charge in [0.15, 0.2) is 0 Å². The van der Waals surface area contributed by atoms with Crippen molar-refractivity contribution in [2.24, 2.45) is 0 Å². The number of amides is 1. The molecule has 0 bridgehead atoms. The third-order valence-corrected chi connectivity index (χ3v) is 3.60. The zero-order valence-corrected chi connectivity index (χ0v) is 11.9. The van der Waals surface area contributed by atoms with Crippen LogP contribution >= 0.6 is 0 Å². The molecule has 1 heterocycles. The van der Waals surface area contributed by atoms with Crippen LogP contribution in [0.4, 0.5) is 0 Å². The first-order valence-electron chi connectivity index (χ1n) is 7.14. The summed E-state index contributed by atoms with van der Waals surface area (Å²) < 4.78 is 5.56. The maximum atomic E-state index is 11.9. The minimum absolute atomic E-state index is 0.154. The predicted molar refractivity (Wildman–Crippen MR) is 71.9 cm³/mol. The van der Waals surface area contributed by atoms with Gasteiger partial charge in [0.05, 0.1) is 6.10 Å². The molecule has 5 nitrogen and oxygen atoms in total. The Morgan fingerprint density at radius 3 is 2.68 bits per heavy atom. The summed E-state index contributed by atoms with van der Waals surface area (Å²) in [5.41, 5.74) is -1.15. The lowest BCUT2D eigenvalue weighted by Gasteiger charge is -2.27. The van der Waals surface area contributed by atoms with Gasteiger partial charge in [-0.1, -0.05) is 13.3 Å². The van der Waals surface area contributed by atoms with Gasteiger partial charge < -0.3 is 15.2 Å². The zero-order chi connectivity index (χ0) is 14.3. The molecule has 1 aliphatic rings. The maximum absolute atomic E-state index is 11.9. The van der Waals surface area contributed by atoms with E-state index in [-0.39, 0.29) is 12.0 Å². The second kappa shape index (κ2) is 7.48. The molecule has 2 N–H and O–H groups in total. The van der Waals surface area contributed by atoms with Crippen molar-refractivity contribution in [1.29, 1.82) is 0 Å². The van der Waals surface area contributed by atoms with Crippen LogP contribution in [0.3, 0.4) is 0 Å². The van der Waals surface area contributed by atoms with E-state index < -0.39 is 11.5 Å². The molecule has 2 unspecified atom stereocenters. The van der Waals surface area contributed by atoms with Gasteiger partial charge in [-0.15, -0.1) is 0 Å². The van der Waals surface area contributed by atoms with Crippen molar-refractivity contribution in [2.45, 2.75) is 70.4 Å². The molecule has 5 heteroatoms. The molecule has 0 spiro atoms. The normalized spacial score (nSPS) is 22.5.